The number of aromatic nitrogens is 2. The summed E-state index contributed by atoms with van der Waals surface area (Å²) < 4.78 is 49.8. The summed E-state index contributed by atoms with van der Waals surface area (Å²) in [6, 6.07) is 13.0. The lowest BCUT2D eigenvalue weighted by Gasteiger charge is -2.14. The number of aryl methyl sites for hydroxylation is 1. The van der Waals surface area contributed by atoms with Crippen LogP contribution in [0.2, 0.25) is 0 Å². The molecule has 0 aliphatic heterocycles. The molecule has 1 atom stereocenters. The average Bonchev–Trinajstić information content (AvgIpc) is 3.34. The zero-order valence-electron chi connectivity index (χ0n) is 21.4. The second kappa shape index (κ2) is 12.3. The van der Waals surface area contributed by atoms with Gasteiger partial charge < -0.3 is 25.1 Å². The van der Waals surface area contributed by atoms with Gasteiger partial charge in [-0.2, -0.15) is 18.4 Å². The first-order chi connectivity index (χ1) is 19.5. The number of thioether (sulfide) groups is 1. The van der Waals surface area contributed by atoms with Crippen LogP contribution >= 0.6 is 11.8 Å². The highest BCUT2D eigenvalue weighted by atomic mass is 32.2. The van der Waals surface area contributed by atoms with Crippen molar-refractivity contribution in [2.45, 2.75) is 30.0 Å². The molecule has 0 aliphatic rings. The summed E-state index contributed by atoms with van der Waals surface area (Å²) in [5, 5.41) is 28.7. The van der Waals surface area contributed by atoms with Crippen LogP contribution in [0, 0.1) is 24.8 Å². The number of nitrogens with two attached hydrogens (primary N) is 1. The van der Waals surface area contributed by atoms with E-state index in [1.54, 1.807) is 31.2 Å². The van der Waals surface area contributed by atoms with Crippen LogP contribution in [0.4, 0.5) is 24.7 Å². The molecule has 2 aromatic carbocycles. The van der Waals surface area contributed by atoms with E-state index in [1.165, 1.54) is 12.1 Å². The molecule has 210 valence electrons. The molecular formula is C28H22F3N5O4S. The number of nitriles is 1. The predicted octanol–water partition coefficient (Wildman–Crippen LogP) is 5.76. The third-order valence-corrected chi connectivity index (χ3v) is 6.87. The lowest BCUT2D eigenvalue weighted by Crippen LogP contribution is -2.21. The summed E-state index contributed by atoms with van der Waals surface area (Å²) in [4.78, 5) is 12.2. The molecule has 13 heteroatoms. The highest BCUT2D eigenvalue weighted by molar-refractivity contribution is 7.98. The van der Waals surface area contributed by atoms with Crippen molar-refractivity contribution in [2.75, 3.05) is 18.9 Å². The normalized spacial score (nSPS) is 12.0. The Morgan fingerprint density at radius 2 is 1.80 bits per heavy atom. The number of benzene rings is 2. The molecule has 4 aromatic rings. The maximum atomic E-state index is 12.9. The summed E-state index contributed by atoms with van der Waals surface area (Å²) in [5.41, 5.74) is 7.14. The fourth-order valence-electron chi connectivity index (χ4n) is 3.76. The Labute approximate surface area is 236 Å². The van der Waals surface area contributed by atoms with Crippen LogP contribution in [0.3, 0.4) is 0 Å². The summed E-state index contributed by atoms with van der Waals surface area (Å²) in [7, 11) is 0. The van der Waals surface area contributed by atoms with Gasteiger partial charge in [-0.3, -0.25) is 0 Å². The molecule has 4 rings (SSSR count). The first-order valence-electron chi connectivity index (χ1n) is 12.0. The number of anilines is 1. The number of rotatable bonds is 9. The van der Waals surface area contributed by atoms with Crippen molar-refractivity contribution in [3.63, 3.8) is 0 Å². The maximum Gasteiger partial charge on any atom is 0.416 e. The van der Waals surface area contributed by atoms with Crippen LogP contribution in [0.5, 0.6) is 5.75 Å². The van der Waals surface area contributed by atoms with E-state index in [2.05, 4.69) is 20.9 Å². The smallest absolute Gasteiger partial charge is 0.416 e. The molecular weight excluding hydrogens is 559 g/mol. The van der Waals surface area contributed by atoms with Gasteiger partial charge in [-0.25, -0.2) is 14.8 Å². The minimum Gasteiger partial charge on any atom is -0.491 e. The number of pyridine rings is 1. The van der Waals surface area contributed by atoms with Crippen LogP contribution in [-0.2, 0) is 11.9 Å². The fourth-order valence-corrected chi connectivity index (χ4v) is 4.76. The number of oxazole rings is 1. The summed E-state index contributed by atoms with van der Waals surface area (Å²) in [6.45, 7) is 8.73. The van der Waals surface area contributed by atoms with Crippen LogP contribution < -0.4 is 10.5 Å². The van der Waals surface area contributed by atoms with Gasteiger partial charge in [0.25, 0.3) is 0 Å². The molecule has 0 radical (unpaired) electrons. The van der Waals surface area contributed by atoms with Gasteiger partial charge in [-0.15, -0.1) is 0 Å². The van der Waals surface area contributed by atoms with Crippen molar-refractivity contribution in [2.24, 2.45) is 0 Å². The number of alkyl halides is 3. The summed E-state index contributed by atoms with van der Waals surface area (Å²) >= 11 is 1.15. The van der Waals surface area contributed by atoms with E-state index >= 15 is 0 Å². The molecule has 0 amide bonds. The first-order valence-corrected chi connectivity index (χ1v) is 12.9. The lowest BCUT2D eigenvalue weighted by atomic mass is 10.00. The minimum absolute atomic E-state index is 0.0116. The third kappa shape index (κ3) is 6.61. The van der Waals surface area contributed by atoms with Gasteiger partial charge in [-0.05, 0) is 48.9 Å². The number of nitrogens with zero attached hydrogens (tertiary/aromatic N) is 4. The molecule has 0 saturated heterocycles. The highest BCUT2D eigenvalue weighted by Gasteiger charge is 2.30. The van der Waals surface area contributed by atoms with Gasteiger partial charge >= 0.3 is 6.18 Å². The fraction of sp³-hybridized carbons (Fsp3) is 0.214. The molecule has 0 fully saturated rings. The van der Waals surface area contributed by atoms with Crippen LogP contribution in [0.15, 0.2) is 58.0 Å². The van der Waals surface area contributed by atoms with E-state index < -0.39 is 24.5 Å². The number of hydrogen-bond donors (Lipinski definition) is 3. The molecule has 0 unspecified atom stereocenters. The molecule has 0 aliphatic carbocycles. The second-order valence-corrected chi connectivity index (χ2v) is 9.65. The van der Waals surface area contributed by atoms with Gasteiger partial charge in [0.1, 0.15) is 41.1 Å². The zero-order valence-corrected chi connectivity index (χ0v) is 22.3. The van der Waals surface area contributed by atoms with Crippen molar-refractivity contribution < 1.29 is 32.5 Å². The second-order valence-electron chi connectivity index (χ2n) is 8.68. The number of aliphatic hydroxyl groups is 2. The first kappa shape index (κ1) is 29.4. The van der Waals surface area contributed by atoms with Crippen LogP contribution in [0.1, 0.15) is 22.6 Å². The van der Waals surface area contributed by atoms with E-state index in [-0.39, 0.29) is 40.3 Å². The Hall–Kier alpha value is -4.56. The monoisotopic (exact) mass is 581 g/mol. The average molecular weight is 582 g/mol. The van der Waals surface area contributed by atoms with E-state index in [0.717, 1.165) is 23.9 Å². The van der Waals surface area contributed by atoms with Gasteiger partial charge in [-0.1, -0.05) is 23.9 Å². The Balaban J connectivity index is 1.60. The number of hydrogen-bond acceptors (Lipinski definition) is 9. The molecule has 41 heavy (non-hydrogen) atoms. The quantitative estimate of drug-likeness (QED) is 0.166. The largest absolute Gasteiger partial charge is 0.491 e. The van der Waals surface area contributed by atoms with Gasteiger partial charge in [0.15, 0.2) is 0 Å². The zero-order chi connectivity index (χ0) is 29.7. The van der Waals surface area contributed by atoms with Crippen LogP contribution in [0.25, 0.3) is 27.4 Å². The Bertz CT molecular complexity index is 1630. The van der Waals surface area contributed by atoms with Crippen molar-refractivity contribution in [1.82, 2.24) is 9.97 Å². The van der Waals surface area contributed by atoms with Gasteiger partial charge in [0.2, 0.25) is 11.6 Å². The topological polar surface area (TPSA) is 143 Å². The number of aliphatic hydroxyl groups excluding tert-OH is 2. The minimum atomic E-state index is -4.46. The lowest BCUT2D eigenvalue weighted by molar-refractivity contribution is -0.137. The van der Waals surface area contributed by atoms with Crippen molar-refractivity contribution >= 4 is 23.3 Å². The highest BCUT2D eigenvalue weighted by Crippen LogP contribution is 2.42. The molecule has 0 spiro atoms. The number of halogens is 3. The molecule has 2 heterocycles. The molecule has 2 aromatic heterocycles. The maximum absolute atomic E-state index is 12.9. The molecule has 0 bridgehead atoms. The predicted molar refractivity (Wildman–Crippen MR) is 145 cm³/mol. The standard InChI is InChI=1S/C28H22F3N5O4S/c1-15-22(35-26(40-15)17-3-7-18(8-4-17)28(29,30)31)14-41-27-21(11-32)23(24(34-2)25(33)36-27)16-5-9-20(10-6-16)39-13-19(38)12-37/h3-10,19,37-38H,12-14H2,1H3,(H2,33,36)/t19-/m0/s1. The molecule has 0 saturated carbocycles. The van der Waals surface area contributed by atoms with Crippen molar-refractivity contribution in [3.05, 3.63) is 82.5 Å². The van der Waals surface area contributed by atoms with E-state index in [0.29, 0.717) is 33.9 Å². The SMILES string of the molecule is [C-]#[N+]c1c(N)nc(SCc2nc(-c3ccc(C(F)(F)F)cc3)oc2C)c(C#N)c1-c1ccc(OC[C@@H](O)CO)cc1. The Morgan fingerprint density at radius 3 is 2.39 bits per heavy atom. The Morgan fingerprint density at radius 1 is 1.15 bits per heavy atom. The molecule has 9 nitrogen and oxygen atoms in total. The van der Waals surface area contributed by atoms with Crippen molar-refractivity contribution in [1.29, 1.82) is 5.26 Å². The summed E-state index contributed by atoms with van der Waals surface area (Å²) in [5.74, 6) is 1.14. The van der Waals surface area contributed by atoms with E-state index in [4.69, 9.17) is 26.6 Å². The molecule has 4 N–H and O–H groups in total. The Kier molecular flexibility index (Phi) is 8.83. The van der Waals surface area contributed by atoms with E-state index in [9.17, 15) is 23.5 Å². The van der Waals surface area contributed by atoms with Gasteiger partial charge in [0.05, 0.1) is 30.0 Å². The van der Waals surface area contributed by atoms with Gasteiger partial charge in [0, 0.05) is 16.9 Å². The third-order valence-electron chi connectivity index (χ3n) is 5.88. The number of nitrogen functional groups attached to an aromatic ring is 1. The van der Waals surface area contributed by atoms with Crippen LogP contribution in [-0.4, -0.2) is 39.5 Å². The van der Waals surface area contributed by atoms with Crippen molar-refractivity contribution in [3.8, 4) is 34.4 Å². The van der Waals surface area contributed by atoms with E-state index in [1.807, 2.05) is 0 Å². The number of ether oxygens (including phenoxy) is 1. The summed E-state index contributed by atoms with van der Waals surface area (Å²) in [6.07, 6.45) is -5.49.